The van der Waals surface area contributed by atoms with Crippen LogP contribution in [-0.2, 0) is 0 Å². The zero-order valence-electron chi connectivity index (χ0n) is 9.80. The highest BCUT2D eigenvalue weighted by molar-refractivity contribution is 5.40. The van der Waals surface area contributed by atoms with E-state index in [0.29, 0.717) is 11.3 Å². The van der Waals surface area contributed by atoms with Crippen LogP contribution >= 0.6 is 0 Å². The predicted molar refractivity (Wildman–Crippen MR) is 64.2 cm³/mol. The van der Waals surface area contributed by atoms with Crippen molar-refractivity contribution in [3.63, 3.8) is 0 Å². The monoisotopic (exact) mass is 248 g/mol. The number of nitrogens with zero attached hydrogens (tertiary/aromatic N) is 2. The highest BCUT2D eigenvalue weighted by Gasteiger charge is 2.18. The van der Waals surface area contributed by atoms with Crippen LogP contribution in [0.4, 0.5) is 4.39 Å². The van der Waals surface area contributed by atoms with Crippen LogP contribution in [0.3, 0.4) is 0 Å². The zero-order valence-corrected chi connectivity index (χ0v) is 9.80. The fourth-order valence-corrected chi connectivity index (χ4v) is 1.76. The van der Waals surface area contributed by atoms with E-state index in [1.807, 2.05) is 0 Å². The van der Waals surface area contributed by atoms with E-state index in [0.717, 1.165) is 5.56 Å². The standard InChI is InChI=1S/C12H13FN4O/c1-18-11-3-2-9(13)4-10(11)12(17-14)8-5-15-7-16-6-8/h2-7,12,17H,14H2,1H3. The molecular weight excluding hydrogens is 235 g/mol. The third kappa shape index (κ3) is 2.44. The number of nitrogens with one attached hydrogen (secondary N) is 1. The fourth-order valence-electron chi connectivity index (χ4n) is 1.76. The Kier molecular flexibility index (Phi) is 3.81. The summed E-state index contributed by atoms with van der Waals surface area (Å²) < 4.78 is 18.5. The van der Waals surface area contributed by atoms with Gasteiger partial charge in [0.2, 0.25) is 0 Å². The molecular formula is C12H13FN4O. The molecule has 1 aromatic heterocycles. The Morgan fingerprint density at radius 3 is 2.67 bits per heavy atom. The van der Waals surface area contributed by atoms with E-state index < -0.39 is 6.04 Å². The lowest BCUT2D eigenvalue weighted by Crippen LogP contribution is -2.29. The summed E-state index contributed by atoms with van der Waals surface area (Å²) in [5.74, 6) is 5.71. The van der Waals surface area contributed by atoms with Crippen LogP contribution in [0.5, 0.6) is 5.75 Å². The van der Waals surface area contributed by atoms with Gasteiger partial charge in [-0.15, -0.1) is 0 Å². The van der Waals surface area contributed by atoms with Crippen LogP contribution in [0.15, 0.2) is 36.9 Å². The van der Waals surface area contributed by atoms with Crippen molar-refractivity contribution in [1.29, 1.82) is 0 Å². The molecule has 0 amide bonds. The third-order valence-electron chi connectivity index (χ3n) is 2.58. The molecule has 2 rings (SSSR count). The third-order valence-corrected chi connectivity index (χ3v) is 2.58. The molecule has 0 saturated carbocycles. The van der Waals surface area contributed by atoms with E-state index in [1.54, 1.807) is 18.5 Å². The highest BCUT2D eigenvalue weighted by Crippen LogP contribution is 2.29. The summed E-state index contributed by atoms with van der Waals surface area (Å²) in [6.45, 7) is 0. The van der Waals surface area contributed by atoms with Gasteiger partial charge in [-0.1, -0.05) is 0 Å². The van der Waals surface area contributed by atoms with Crippen LogP contribution in [0, 0.1) is 5.82 Å². The molecule has 0 fully saturated rings. The van der Waals surface area contributed by atoms with Gasteiger partial charge in [0, 0.05) is 23.5 Å². The van der Waals surface area contributed by atoms with Gasteiger partial charge in [-0.05, 0) is 18.2 Å². The number of halogens is 1. The van der Waals surface area contributed by atoms with Crippen LogP contribution in [0.2, 0.25) is 0 Å². The maximum Gasteiger partial charge on any atom is 0.124 e. The lowest BCUT2D eigenvalue weighted by molar-refractivity contribution is 0.402. The molecule has 0 bridgehead atoms. The van der Waals surface area contributed by atoms with Crippen molar-refractivity contribution >= 4 is 0 Å². The Bertz CT molecular complexity index is 521. The van der Waals surface area contributed by atoms with Crippen LogP contribution in [0.25, 0.3) is 0 Å². The molecule has 18 heavy (non-hydrogen) atoms. The minimum atomic E-state index is -0.433. The molecule has 1 heterocycles. The number of ether oxygens (including phenoxy) is 1. The van der Waals surface area contributed by atoms with E-state index >= 15 is 0 Å². The molecule has 1 aromatic carbocycles. The predicted octanol–water partition coefficient (Wildman–Crippen LogP) is 1.18. The lowest BCUT2D eigenvalue weighted by Gasteiger charge is -2.18. The molecule has 0 spiro atoms. The zero-order chi connectivity index (χ0) is 13.0. The average molecular weight is 248 g/mol. The summed E-state index contributed by atoms with van der Waals surface area (Å²) in [6.07, 6.45) is 4.64. The van der Waals surface area contributed by atoms with Crippen molar-refractivity contribution in [2.45, 2.75) is 6.04 Å². The van der Waals surface area contributed by atoms with Gasteiger partial charge in [0.1, 0.15) is 17.9 Å². The van der Waals surface area contributed by atoms with Gasteiger partial charge >= 0.3 is 0 Å². The highest BCUT2D eigenvalue weighted by atomic mass is 19.1. The maximum atomic E-state index is 13.3. The van der Waals surface area contributed by atoms with Crippen molar-refractivity contribution in [2.75, 3.05) is 7.11 Å². The molecule has 0 radical (unpaired) electrons. The number of nitrogens with two attached hydrogens (primary N) is 1. The molecule has 0 aliphatic heterocycles. The second-order valence-electron chi connectivity index (χ2n) is 3.66. The van der Waals surface area contributed by atoms with E-state index in [-0.39, 0.29) is 5.82 Å². The van der Waals surface area contributed by atoms with Crippen LogP contribution in [0.1, 0.15) is 17.2 Å². The van der Waals surface area contributed by atoms with Gasteiger partial charge in [0.05, 0.1) is 13.2 Å². The molecule has 3 N–H and O–H groups in total. The van der Waals surface area contributed by atoms with Crippen molar-refractivity contribution < 1.29 is 9.13 Å². The number of hydrogen-bond donors (Lipinski definition) is 2. The molecule has 0 saturated heterocycles. The second kappa shape index (κ2) is 5.52. The van der Waals surface area contributed by atoms with Crippen molar-refractivity contribution in [3.05, 3.63) is 53.9 Å². The first-order chi connectivity index (χ1) is 8.76. The van der Waals surface area contributed by atoms with Gasteiger partial charge in [-0.3, -0.25) is 5.84 Å². The van der Waals surface area contributed by atoms with Gasteiger partial charge in [-0.2, -0.15) is 0 Å². The normalized spacial score (nSPS) is 12.2. The molecule has 94 valence electrons. The van der Waals surface area contributed by atoms with Gasteiger partial charge < -0.3 is 4.74 Å². The first-order valence-electron chi connectivity index (χ1n) is 5.30. The van der Waals surface area contributed by atoms with E-state index in [2.05, 4.69) is 15.4 Å². The summed E-state index contributed by atoms with van der Waals surface area (Å²) in [7, 11) is 1.52. The van der Waals surface area contributed by atoms with Gasteiger partial charge in [0.25, 0.3) is 0 Å². The summed E-state index contributed by atoms with van der Waals surface area (Å²) in [5, 5.41) is 0. The summed E-state index contributed by atoms with van der Waals surface area (Å²) >= 11 is 0. The van der Waals surface area contributed by atoms with Crippen molar-refractivity contribution in [3.8, 4) is 5.75 Å². The van der Waals surface area contributed by atoms with E-state index in [9.17, 15) is 4.39 Å². The average Bonchev–Trinajstić information content (AvgIpc) is 2.41. The Balaban J connectivity index is 2.48. The molecule has 0 aliphatic carbocycles. The smallest absolute Gasteiger partial charge is 0.124 e. The molecule has 0 aliphatic rings. The SMILES string of the molecule is COc1ccc(F)cc1C(NN)c1cncnc1. The maximum absolute atomic E-state index is 13.3. The Morgan fingerprint density at radius 1 is 1.33 bits per heavy atom. The Morgan fingerprint density at radius 2 is 2.06 bits per heavy atom. The van der Waals surface area contributed by atoms with E-state index in [1.165, 1.54) is 25.6 Å². The molecule has 5 nitrogen and oxygen atoms in total. The quantitative estimate of drug-likeness (QED) is 0.628. The molecule has 1 atom stereocenters. The number of benzene rings is 1. The first-order valence-corrected chi connectivity index (χ1v) is 5.30. The van der Waals surface area contributed by atoms with Crippen molar-refractivity contribution in [1.82, 2.24) is 15.4 Å². The summed E-state index contributed by atoms with van der Waals surface area (Å²) in [4.78, 5) is 7.83. The van der Waals surface area contributed by atoms with Crippen molar-refractivity contribution in [2.24, 2.45) is 5.84 Å². The Hall–Kier alpha value is -2.05. The first kappa shape index (κ1) is 12.4. The number of rotatable bonds is 4. The lowest BCUT2D eigenvalue weighted by atomic mass is 10.0. The molecule has 2 aromatic rings. The minimum Gasteiger partial charge on any atom is -0.496 e. The fraction of sp³-hybridized carbons (Fsp3) is 0.167. The van der Waals surface area contributed by atoms with Gasteiger partial charge in [-0.25, -0.2) is 19.8 Å². The summed E-state index contributed by atoms with van der Waals surface area (Å²) in [6, 6.07) is 3.82. The van der Waals surface area contributed by atoms with Crippen LogP contribution < -0.4 is 16.0 Å². The Labute approximate surface area is 104 Å². The number of aromatic nitrogens is 2. The molecule has 6 heteroatoms. The number of methoxy groups -OCH3 is 1. The van der Waals surface area contributed by atoms with Crippen LogP contribution in [-0.4, -0.2) is 17.1 Å². The van der Waals surface area contributed by atoms with Gasteiger partial charge in [0.15, 0.2) is 0 Å². The number of hydrazine groups is 1. The number of hydrogen-bond acceptors (Lipinski definition) is 5. The molecule has 1 unspecified atom stereocenters. The summed E-state index contributed by atoms with van der Waals surface area (Å²) in [5.41, 5.74) is 3.93. The minimum absolute atomic E-state index is 0.358. The topological polar surface area (TPSA) is 73.1 Å². The largest absolute Gasteiger partial charge is 0.496 e. The second-order valence-corrected chi connectivity index (χ2v) is 3.66. The van der Waals surface area contributed by atoms with E-state index in [4.69, 9.17) is 10.6 Å².